The van der Waals surface area contributed by atoms with Crippen LogP contribution in [-0.2, 0) is 6.42 Å². The lowest BCUT2D eigenvalue weighted by Crippen LogP contribution is -2.40. The van der Waals surface area contributed by atoms with E-state index in [1.54, 1.807) is 0 Å². The van der Waals surface area contributed by atoms with Crippen molar-refractivity contribution < 1.29 is 5.11 Å². The Morgan fingerprint density at radius 1 is 1.25 bits per heavy atom. The Morgan fingerprint density at radius 3 is 2.44 bits per heavy atom. The van der Waals surface area contributed by atoms with Gasteiger partial charge in [-0.05, 0) is 24.9 Å². The summed E-state index contributed by atoms with van der Waals surface area (Å²) in [6.45, 7) is 7.80. The van der Waals surface area contributed by atoms with Gasteiger partial charge in [-0.3, -0.25) is 0 Å². The molecule has 0 heterocycles. The average Bonchev–Trinajstić information content (AvgIpc) is 2.17. The maximum absolute atomic E-state index is 10.2. The van der Waals surface area contributed by atoms with Gasteiger partial charge in [-0.2, -0.15) is 0 Å². The second-order valence-corrected chi connectivity index (χ2v) is 5.18. The fourth-order valence-corrected chi connectivity index (χ4v) is 1.73. The van der Waals surface area contributed by atoms with E-state index in [0.717, 1.165) is 6.54 Å². The molecule has 0 bridgehead atoms. The summed E-state index contributed by atoms with van der Waals surface area (Å²) in [6, 6.07) is 10.1. The quantitative estimate of drug-likeness (QED) is 0.772. The standard InChI is InChI=1S/C14H23NO/c1-12(2)10-15-11-14(3,16)9-13-7-5-4-6-8-13/h4-8,12,15-16H,9-11H2,1-3H3. The summed E-state index contributed by atoms with van der Waals surface area (Å²) in [4.78, 5) is 0. The number of hydrogen-bond acceptors (Lipinski definition) is 2. The molecule has 0 saturated carbocycles. The van der Waals surface area contributed by atoms with Gasteiger partial charge in [0.1, 0.15) is 0 Å². The summed E-state index contributed by atoms with van der Waals surface area (Å²) in [5, 5.41) is 13.5. The molecular weight excluding hydrogens is 198 g/mol. The Kier molecular flexibility index (Phi) is 4.97. The highest BCUT2D eigenvalue weighted by atomic mass is 16.3. The topological polar surface area (TPSA) is 32.3 Å². The van der Waals surface area contributed by atoms with E-state index in [4.69, 9.17) is 0 Å². The van der Waals surface area contributed by atoms with Gasteiger partial charge in [-0.15, -0.1) is 0 Å². The molecule has 2 N–H and O–H groups in total. The van der Waals surface area contributed by atoms with Crippen LogP contribution < -0.4 is 5.32 Å². The van der Waals surface area contributed by atoms with E-state index < -0.39 is 5.60 Å². The van der Waals surface area contributed by atoms with Crippen LogP contribution in [0.4, 0.5) is 0 Å². The predicted octanol–water partition coefficient (Wildman–Crippen LogP) is 2.23. The molecule has 1 rings (SSSR count). The Balaban J connectivity index is 2.39. The van der Waals surface area contributed by atoms with Crippen LogP contribution in [0.3, 0.4) is 0 Å². The van der Waals surface area contributed by atoms with Crippen molar-refractivity contribution in [3.05, 3.63) is 35.9 Å². The van der Waals surface area contributed by atoms with E-state index >= 15 is 0 Å². The summed E-state index contributed by atoms with van der Waals surface area (Å²) in [6.07, 6.45) is 0.693. The lowest BCUT2D eigenvalue weighted by molar-refractivity contribution is 0.0596. The molecule has 1 atom stereocenters. The number of rotatable bonds is 6. The largest absolute Gasteiger partial charge is 0.389 e. The third kappa shape index (κ3) is 5.29. The Bertz CT molecular complexity index is 293. The molecule has 2 heteroatoms. The van der Waals surface area contributed by atoms with E-state index in [0.29, 0.717) is 18.9 Å². The molecule has 0 aromatic heterocycles. The smallest absolute Gasteiger partial charge is 0.0783 e. The summed E-state index contributed by atoms with van der Waals surface area (Å²) in [7, 11) is 0. The van der Waals surface area contributed by atoms with Crippen LogP contribution >= 0.6 is 0 Å². The Hall–Kier alpha value is -0.860. The summed E-state index contributed by atoms with van der Waals surface area (Å²) in [5.41, 5.74) is 0.509. The first kappa shape index (κ1) is 13.2. The van der Waals surface area contributed by atoms with Gasteiger partial charge >= 0.3 is 0 Å². The molecular formula is C14H23NO. The van der Waals surface area contributed by atoms with Gasteiger partial charge in [0.05, 0.1) is 5.60 Å². The summed E-state index contributed by atoms with van der Waals surface area (Å²) in [5.74, 6) is 0.618. The molecule has 0 amide bonds. The summed E-state index contributed by atoms with van der Waals surface area (Å²) >= 11 is 0. The predicted molar refractivity (Wildman–Crippen MR) is 68.5 cm³/mol. The van der Waals surface area contributed by atoms with E-state index in [9.17, 15) is 5.11 Å². The Morgan fingerprint density at radius 2 is 1.88 bits per heavy atom. The maximum Gasteiger partial charge on any atom is 0.0783 e. The van der Waals surface area contributed by atoms with Crippen molar-refractivity contribution in [2.75, 3.05) is 13.1 Å². The van der Waals surface area contributed by atoms with Gasteiger partial charge in [0.25, 0.3) is 0 Å². The average molecular weight is 221 g/mol. The van der Waals surface area contributed by atoms with Gasteiger partial charge in [0.2, 0.25) is 0 Å². The van der Waals surface area contributed by atoms with Crippen molar-refractivity contribution >= 4 is 0 Å². The van der Waals surface area contributed by atoms with Crippen molar-refractivity contribution in [3.8, 4) is 0 Å². The molecule has 0 radical (unpaired) electrons. The second kappa shape index (κ2) is 6.02. The maximum atomic E-state index is 10.2. The SMILES string of the molecule is CC(C)CNCC(C)(O)Cc1ccccc1. The lowest BCUT2D eigenvalue weighted by Gasteiger charge is -2.24. The molecule has 2 nitrogen and oxygen atoms in total. The number of nitrogens with one attached hydrogen (secondary N) is 1. The van der Waals surface area contributed by atoms with Crippen LogP contribution in [0, 0.1) is 5.92 Å². The van der Waals surface area contributed by atoms with E-state index in [1.807, 2.05) is 25.1 Å². The molecule has 0 aliphatic carbocycles. The van der Waals surface area contributed by atoms with Crippen LogP contribution in [0.5, 0.6) is 0 Å². The van der Waals surface area contributed by atoms with Crippen molar-refractivity contribution in [2.45, 2.75) is 32.8 Å². The fourth-order valence-electron chi connectivity index (χ4n) is 1.73. The van der Waals surface area contributed by atoms with Gasteiger partial charge in [-0.25, -0.2) is 0 Å². The first-order valence-electron chi connectivity index (χ1n) is 5.97. The number of aliphatic hydroxyl groups is 1. The molecule has 1 aromatic rings. The first-order valence-corrected chi connectivity index (χ1v) is 5.97. The van der Waals surface area contributed by atoms with E-state index in [1.165, 1.54) is 5.56 Å². The van der Waals surface area contributed by atoms with Gasteiger partial charge < -0.3 is 10.4 Å². The van der Waals surface area contributed by atoms with Crippen LogP contribution in [0.1, 0.15) is 26.3 Å². The monoisotopic (exact) mass is 221 g/mol. The highest BCUT2D eigenvalue weighted by Gasteiger charge is 2.20. The molecule has 0 saturated heterocycles. The van der Waals surface area contributed by atoms with E-state index in [-0.39, 0.29) is 0 Å². The third-order valence-corrected chi connectivity index (χ3v) is 2.49. The van der Waals surface area contributed by atoms with Crippen molar-refractivity contribution in [3.63, 3.8) is 0 Å². The first-order chi connectivity index (χ1) is 7.49. The molecule has 90 valence electrons. The van der Waals surface area contributed by atoms with Crippen LogP contribution in [0.25, 0.3) is 0 Å². The third-order valence-electron chi connectivity index (χ3n) is 2.49. The second-order valence-electron chi connectivity index (χ2n) is 5.18. The molecule has 1 unspecified atom stereocenters. The van der Waals surface area contributed by atoms with Crippen molar-refractivity contribution in [2.24, 2.45) is 5.92 Å². The van der Waals surface area contributed by atoms with Crippen LogP contribution in [-0.4, -0.2) is 23.8 Å². The normalized spacial score (nSPS) is 15.1. The van der Waals surface area contributed by atoms with Gasteiger partial charge in [0.15, 0.2) is 0 Å². The zero-order valence-corrected chi connectivity index (χ0v) is 10.5. The molecule has 0 aliphatic heterocycles. The molecule has 1 aromatic carbocycles. The highest BCUT2D eigenvalue weighted by Crippen LogP contribution is 2.12. The van der Waals surface area contributed by atoms with E-state index in [2.05, 4.69) is 31.3 Å². The molecule has 16 heavy (non-hydrogen) atoms. The molecule has 0 aliphatic rings. The minimum atomic E-state index is -0.670. The van der Waals surface area contributed by atoms with Crippen molar-refractivity contribution in [1.29, 1.82) is 0 Å². The Labute approximate surface area is 98.7 Å². The number of benzene rings is 1. The number of hydrogen-bond donors (Lipinski definition) is 2. The molecule has 0 fully saturated rings. The zero-order chi connectivity index (χ0) is 12.0. The van der Waals surface area contributed by atoms with Gasteiger partial charge in [-0.1, -0.05) is 44.2 Å². The fraction of sp³-hybridized carbons (Fsp3) is 0.571. The zero-order valence-electron chi connectivity index (χ0n) is 10.5. The minimum Gasteiger partial charge on any atom is -0.389 e. The molecule has 0 spiro atoms. The lowest BCUT2D eigenvalue weighted by atomic mass is 9.96. The summed E-state index contributed by atoms with van der Waals surface area (Å²) < 4.78 is 0. The van der Waals surface area contributed by atoms with Crippen LogP contribution in [0.2, 0.25) is 0 Å². The van der Waals surface area contributed by atoms with Gasteiger partial charge in [0, 0.05) is 13.0 Å². The highest BCUT2D eigenvalue weighted by molar-refractivity contribution is 5.16. The minimum absolute atomic E-state index is 0.618. The van der Waals surface area contributed by atoms with Crippen LogP contribution in [0.15, 0.2) is 30.3 Å². The van der Waals surface area contributed by atoms with Crippen molar-refractivity contribution in [1.82, 2.24) is 5.32 Å².